The van der Waals surface area contributed by atoms with Crippen molar-refractivity contribution in [3.8, 4) is 5.75 Å². The van der Waals surface area contributed by atoms with Gasteiger partial charge in [-0.15, -0.1) is 0 Å². The van der Waals surface area contributed by atoms with Crippen LogP contribution in [0.25, 0.3) is 6.08 Å². The highest BCUT2D eigenvalue weighted by Crippen LogP contribution is 2.35. The molecule has 31 heavy (non-hydrogen) atoms. The Morgan fingerprint density at radius 2 is 1.58 bits per heavy atom. The van der Waals surface area contributed by atoms with Gasteiger partial charge >= 0.3 is 0 Å². The van der Waals surface area contributed by atoms with Gasteiger partial charge in [-0.05, 0) is 44.9 Å². The predicted octanol–water partition coefficient (Wildman–Crippen LogP) is 6.89. The summed E-state index contributed by atoms with van der Waals surface area (Å²) in [7, 11) is 2.10. The monoisotopic (exact) mass is 427 g/mol. The average Bonchev–Trinajstić information content (AvgIpc) is 2.83. The van der Waals surface area contributed by atoms with Gasteiger partial charge in [-0.25, -0.2) is 0 Å². The van der Waals surface area contributed by atoms with Crippen LogP contribution in [0.2, 0.25) is 0 Å². The number of anilines is 1. The van der Waals surface area contributed by atoms with E-state index in [1.807, 2.05) is 45.9 Å². The van der Waals surface area contributed by atoms with Crippen LogP contribution in [0.5, 0.6) is 5.75 Å². The van der Waals surface area contributed by atoms with Crippen LogP contribution in [0.3, 0.4) is 0 Å². The molecule has 3 N–H and O–H groups in total. The lowest BCUT2D eigenvalue weighted by molar-refractivity contribution is -0.540. The van der Waals surface area contributed by atoms with Crippen molar-refractivity contribution in [1.82, 2.24) is 0 Å². The fraction of sp³-hybridized carbons (Fsp3) is 0.500. The normalized spacial score (nSPS) is 12.3. The number of rotatable bonds is 9. The van der Waals surface area contributed by atoms with Gasteiger partial charge in [0.25, 0.3) is 0 Å². The molecule has 0 aliphatic heterocycles. The van der Waals surface area contributed by atoms with Crippen LogP contribution in [-0.2, 0) is 5.41 Å². The number of aromatic hydroxyl groups is 1. The molecule has 0 saturated heterocycles. The molecular formula is C28H47N2O+. The maximum Gasteiger partial charge on any atom is 0.133 e. The fourth-order valence-electron chi connectivity index (χ4n) is 3.65. The van der Waals surface area contributed by atoms with Gasteiger partial charge in [0.05, 0.1) is 7.05 Å². The molecule has 3 heteroatoms. The summed E-state index contributed by atoms with van der Waals surface area (Å²) in [6, 6.07) is 14.6. The van der Waals surface area contributed by atoms with E-state index < -0.39 is 0 Å². The van der Waals surface area contributed by atoms with Crippen LogP contribution < -0.4 is 10.2 Å². The summed E-state index contributed by atoms with van der Waals surface area (Å²) in [5.74, 6) is 0.344. The van der Waals surface area contributed by atoms with Crippen molar-refractivity contribution in [2.24, 2.45) is 0 Å². The number of benzene rings is 2. The second-order valence-electron chi connectivity index (χ2n) is 7.31. The maximum absolute atomic E-state index is 10.4. The summed E-state index contributed by atoms with van der Waals surface area (Å²) >= 11 is 0. The summed E-state index contributed by atoms with van der Waals surface area (Å²) in [5, 5.41) is 12.6. The summed E-state index contributed by atoms with van der Waals surface area (Å²) in [6.45, 7) is 18.7. The van der Waals surface area contributed by atoms with E-state index in [0.29, 0.717) is 5.75 Å². The third-order valence-electron chi connectivity index (χ3n) is 5.71. The Labute approximate surface area is 192 Å². The Balaban J connectivity index is 0.00000212. The molecule has 0 radical (unpaired) electrons. The van der Waals surface area contributed by atoms with Crippen molar-refractivity contribution in [3.05, 3.63) is 59.7 Å². The molecule has 0 saturated carbocycles. The number of nitrogens with two attached hydrogens (primary N) is 1. The van der Waals surface area contributed by atoms with Gasteiger partial charge in [-0.2, -0.15) is 0 Å². The van der Waals surface area contributed by atoms with Gasteiger partial charge in [-0.1, -0.05) is 71.9 Å². The molecule has 0 aromatic heterocycles. The number of para-hydroxylation sites is 1. The molecule has 0 amide bonds. The lowest BCUT2D eigenvalue weighted by Crippen LogP contribution is -2.73. The van der Waals surface area contributed by atoms with Gasteiger partial charge < -0.3 is 15.3 Å². The number of nitrogens with zero attached hydrogens (tertiary/aromatic N) is 1. The first kappa shape index (κ1) is 28.7. The molecule has 2 aromatic carbocycles. The zero-order valence-electron chi connectivity index (χ0n) is 21.5. The highest BCUT2D eigenvalue weighted by molar-refractivity contribution is 5.63. The predicted molar refractivity (Wildman–Crippen MR) is 140 cm³/mol. The second-order valence-corrected chi connectivity index (χ2v) is 7.31. The van der Waals surface area contributed by atoms with Gasteiger partial charge in [0.2, 0.25) is 0 Å². The van der Waals surface area contributed by atoms with Crippen molar-refractivity contribution < 1.29 is 10.4 Å². The second kappa shape index (κ2) is 15.5. The summed E-state index contributed by atoms with van der Waals surface area (Å²) in [6.07, 6.45) is 6.25. The molecule has 174 valence electrons. The smallest absolute Gasteiger partial charge is 0.133 e. The largest absolute Gasteiger partial charge is 0.507 e. The standard InChI is InChI=1S/C24H34N2O.2C2H6/c1-6-24(4,21-13-9-10-14-22(21)25-5)17-11-12-19-15-16-20(18-23(19)27)26(7-2)8-3;2*1-2/h9-16,18,25,27H,6-8,17H2,1-5H3;2*1-2H3/p+1/b12-11+;;. The van der Waals surface area contributed by atoms with Crippen molar-refractivity contribution >= 4 is 17.5 Å². The molecular weight excluding hydrogens is 380 g/mol. The molecule has 0 bridgehead atoms. The zero-order valence-corrected chi connectivity index (χ0v) is 21.5. The van der Waals surface area contributed by atoms with Crippen LogP contribution in [0.4, 0.5) is 11.4 Å². The minimum absolute atomic E-state index is 0.0797. The molecule has 0 fully saturated rings. The highest BCUT2D eigenvalue weighted by atomic mass is 16.3. The molecule has 0 spiro atoms. The summed E-state index contributed by atoms with van der Waals surface area (Å²) < 4.78 is 0. The van der Waals surface area contributed by atoms with Crippen LogP contribution in [-0.4, -0.2) is 25.2 Å². The van der Waals surface area contributed by atoms with E-state index in [9.17, 15) is 5.11 Å². The van der Waals surface area contributed by atoms with Gasteiger partial charge in [0.15, 0.2) is 0 Å². The van der Waals surface area contributed by atoms with E-state index in [2.05, 4.69) is 81.4 Å². The molecule has 0 aliphatic carbocycles. The van der Waals surface area contributed by atoms with Crippen LogP contribution >= 0.6 is 0 Å². The topological polar surface area (TPSA) is 40.1 Å². The van der Waals surface area contributed by atoms with Gasteiger partial charge in [-0.3, -0.25) is 0 Å². The molecule has 0 heterocycles. The Hall–Kier alpha value is -2.26. The van der Waals surface area contributed by atoms with Crippen LogP contribution in [0.1, 0.15) is 79.4 Å². The highest BCUT2D eigenvalue weighted by Gasteiger charge is 2.27. The fourth-order valence-corrected chi connectivity index (χ4v) is 3.65. The van der Waals surface area contributed by atoms with E-state index in [-0.39, 0.29) is 5.41 Å². The number of phenolic OH excluding ortho intramolecular Hbond substituents is 1. The van der Waals surface area contributed by atoms with Crippen molar-refractivity contribution in [2.45, 2.75) is 73.6 Å². The minimum atomic E-state index is 0.0797. The molecule has 0 aliphatic rings. The Kier molecular flexibility index (Phi) is 14.4. The molecule has 1 unspecified atom stereocenters. The molecule has 3 nitrogen and oxygen atoms in total. The Bertz CT molecular complexity index is 765. The number of hydrogen-bond acceptors (Lipinski definition) is 2. The lowest BCUT2D eigenvalue weighted by atomic mass is 9.76. The van der Waals surface area contributed by atoms with E-state index in [4.69, 9.17) is 0 Å². The number of phenols is 1. The first-order valence-corrected chi connectivity index (χ1v) is 12.1. The van der Waals surface area contributed by atoms with Gasteiger partial charge in [0.1, 0.15) is 11.4 Å². The molecule has 2 rings (SSSR count). The number of quaternary nitrogens is 1. The maximum atomic E-state index is 10.4. The van der Waals surface area contributed by atoms with E-state index >= 15 is 0 Å². The van der Waals surface area contributed by atoms with E-state index in [0.717, 1.165) is 37.2 Å². The molecule has 2 aromatic rings. The lowest BCUT2D eigenvalue weighted by Gasteiger charge is -2.28. The third-order valence-corrected chi connectivity index (χ3v) is 5.71. The van der Waals surface area contributed by atoms with Crippen molar-refractivity contribution in [2.75, 3.05) is 25.0 Å². The quantitative estimate of drug-likeness (QED) is 0.428. The first-order valence-electron chi connectivity index (χ1n) is 12.1. The van der Waals surface area contributed by atoms with Crippen LogP contribution in [0, 0.1) is 0 Å². The SMILES string of the molecule is CC.CC.CCN(CC)c1ccc(/C=C/CC(C)(CC)c2ccccc2[NH2+]C)c(O)c1. The minimum Gasteiger partial charge on any atom is -0.507 e. The van der Waals surface area contributed by atoms with E-state index in [1.165, 1.54) is 11.3 Å². The summed E-state index contributed by atoms with van der Waals surface area (Å²) in [5.41, 5.74) is 4.72. The van der Waals surface area contributed by atoms with Crippen LogP contribution in [0.15, 0.2) is 48.5 Å². The Morgan fingerprint density at radius 3 is 2.10 bits per heavy atom. The first-order chi connectivity index (χ1) is 15.0. The number of allylic oxidation sites excluding steroid dienone is 1. The van der Waals surface area contributed by atoms with Crippen molar-refractivity contribution in [1.29, 1.82) is 0 Å². The van der Waals surface area contributed by atoms with Gasteiger partial charge in [0, 0.05) is 41.4 Å². The zero-order chi connectivity index (χ0) is 23.9. The Morgan fingerprint density at radius 1 is 0.968 bits per heavy atom. The van der Waals surface area contributed by atoms with Crippen molar-refractivity contribution in [3.63, 3.8) is 0 Å². The van der Waals surface area contributed by atoms with E-state index in [1.54, 1.807) is 0 Å². The molecule has 1 atom stereocenters. The average molecular weight is 428 g/mol. The summed E-state index contributed by atoms with van der Waals surface area (Å²) in [4.78, 5) is 2.24. The number of hydrogen-bond donors (Lipinski definition) is 2. The third kappa shape index (κ3) is 8.06.